The predicted octanol–water partition coefficient (Wildman–Crippen LogP) is 2.84. The summed E-state index contributed by atoms with van der Waals surface area (Å²) in [5.41, 5.74) is 4.79. The average molecular weight is 388 g/mol. The molecule has 0 aromatic heterocycles. The van der Waals surface area contributed by atoms with Crippen molar-refractivity contribution in [1.82, 2.24) is 9.62 Å². The molecule has 5 nitrogen and oxygen atoms in total. The van der Waals surface area contributed by atoms with E-state index >= 15 is 0 Å². The molecule has 146 valence electrons. The molecule has 1 fully saturated rings. The second kappa shape index (κ2) is 8.00. The molecule has 6 heteroatoms. The zero-order valence-corrected chi connectivity index (χ0v) is 17.4. The maximum atomic E-state index is 12.8. The van der Waals surface area contributed by atoms with Gasteiger partial charge in [-0.05, 0) is 56.6 Å². The molecule has 2 aromatic carbocycles. The summed E-state index contributed by atoms with van der Waals surface area (Å²) in [5, 5.41) is 0. The van der Waals surface area contributed by atoms with Crippen molar-refractivity contribution in [2.45, 2.75) is 32.2 Å². The van der Waals surface area contributed by atoms with E-state index in [9.17, 15) is 8.42 Å². The summed E-state index contributed by atoms with van der Waals surface area (Å²) in [7, 11) is -1.40. The minimum absolute atomic E-state index is 0.290. The first-order chi connectivity index (χ1) is 12.8. The zero-order valence-electron chi connectivity index (χ0n) is 16.6. The maximum absolute atomic E-state index is 12.8. The van der Waals surface area contributed by atoms with Crippen molar-refractivity contribution in [2.75, 3.05) is 38.1 Å². The molecule has 1 aliphatic rings. The van der Waals surface area contributed by atoms with Crippen molar-refractivity contribution >= 4 is 15.7 Å². The number of anilines is 1. The Kier molecular flexibility index (Phi) is 5.89. The van der Waals surface area contributed by atoms with Crippen LogP contribution in [-0.2, 0) is 16.6 Å². The number of sulfonamides is 1. The van der Waals surface area contributed by atoms with Gasteiger partial charge in [0.2, 0.25) is 10.0 Å². The minimum Gasteiger partial charge on any atom is -0.369 e. The van der Waals surface area contributed by atoms with Crippen molar-refractivity contribution in [2.24, 2.45) is 0 Å². The lowest BCUT2D eigenvalue weighted by Crippen LogP contribution is -2.44. The summed E-state index contributed by atoms with van der Waals surface area (Å²) in [6.07, 6.45) is 0. The smallest absolute Gasteiger partial charge is 0.241 e. The monoisotopic (exact) mass is 387 g/mol. The molecule has 27 heavy (non-hydrogen) atoms. The van der Waals surface area contributed by atoms with Crippen LogP contribution in [0.3, 0.4) is 0 Å². The van der Waals surface area contributed by atoms with E-state index in [0.29, 0.717) is 4.90 Å². The number of nitrogens with one attached hydrogen (secondary N) is 1. The molecule has 1 saturated heterocycles. The SMILES string of the molecule is Cc1cc(C)c(S(=O)(=O)NCc2ccc(N3CCN(C)CC3)cc2)c(C)c1. The zero-order chi connectivity index (χ0) is 19.6. The van der Waals surface area contributed by atoms with Crippen LogP contribution in [0, 0.1) is 20.8 Å². The van der Waals surface area contributed by atoms with Gasteiger partial charge in [0.1, 0.15) is 0 Å². The summed E-state index contributed by atoms with van der Waals surface area (Å²) in [4.78, 5) is 5.09. The molecular weight excluding hydrogens is 358 g/mol. The van der Waals surface area contributed by atoms with E-state index in [1.54, 1.807) is 0 Å². The third-order valence-electron chi connectivity index (χ3n) is 5.14. The fraction of sp³-hybridized carbons (Fsp3) is 0.429. The van der Waals surface area contributed by atoms with Gasteiger partial charge in [-0.3, -0.25) is 0 Å². The molecular formula is C21H29N3O2S. The van der Waals surface area contributed by atoms with Crippen molar-refractivity contribution in [3.8, 4) is 0 Å². The largest absolute Gasteiger partial charge is 0.369 e. The lowest BCUT2D eigenvalue weighted by atomic mass is 10.1. The summed E-state index contributed by atoms with van der Waals surface area (Å²) < 4.78 is 28.3. The standard InChI is InChI=1S/C21H29N3O2S/c1-16-13-17(2)21(18(3)14-16)27(25,26)22-15-19-5-7-20(8-6-19)24-11-9-23(4)10-12-24/h5-8,13-14,22H,9-12,15H2,1-4H3. The molecule has 0 amide bonds. The number of hydrogen-bond acceptors (Lipinski definition) is 4. The van der Waals surface area contributed by atoms with Gasteiger partial charge in [-0.15, -0.1) is 0 Å². The van der Waals surface area contributed by atoms with Gasteiger partial charge in [0.15, 0.2) is 0 Å². The molecule has 1 aliphatic heterocycles. The summed E-state index contributed by atoms with van der Waals surface area (Å²) >= 11 is 0. The van der Waals surface area contributed by atoms with Crippen LogP contribution in [0.15, 0.2) is 41.3 Å². The number of piperazine rings is 1. The highest BCUT2D eigenvalue weighted by molar-refractivity contribution is 7.89. The van der Waals surface area contributed by atoms with Crippen molar-refractivity contribution in [1.29, 1.82) is 0 Å². The second-order valence-electron chi connectivity index (χ2n) is 7.51. The molecule has 1 N–H and O–H groups in total. The first-order valence-electron chi connectivity index (χ1n) is 9.36. The van der Waals surface area contributed by atoms with Gasteiger partial charge in [-0.1, -0.05) is 29.8 Å². The van der Waals surface area contributed by atoms with Crippen molar-refractivity contribution in [3.05, 3.63) is 58.7 Å². The molecule has 1 heterocycles. The normalized spacial score (nSPS) is 15.9. The van der Waals surface area contributed by atoms with Gasteiger partial charge in [-0.25, -0.2) is 13.1 Å². The fourth-order valence-corrected chi connectivity index (χ4v) is 5.20. The highest BCUT2D eigenvalue weighted by Crippen LogP contribution is 2.22. The Balaban J connectivity index is 1.68. The number of hydrogen-bond donors (Lipinski definition) is 1. The van der Waals surface area contributed by atoms with Crippen molar-refractivity contribution in [3.63, 3.8) is 0 Å². The van der Waals surface area contributed by atoms with Crippen LogP contribution in [-0.4, -0.2) is 46.5 Å². The van der Waals surface area contributed by atoms with Gasteiger partial charge < -0.3 is 9.80 Å². The van der Waals surface area contributed by atoms with Crippen LogP contribution >= 0.6 is 0 Å². The Morgan fingerprint density at radius 1 is 0.926 bits per heavy atom. The van der Waals surface area contributed by atoms with Crippen LogP contribution in [0.25, 0.3) is 0 Å². The van der Waals surface area contributed by atoms with Gasteiger partial charge in [0, 0.05) is 38.4 Å². The van der Waals surface area contributed by atoms with E-state index in [2.05, 4.69) is 33.7 Å². The van der Waals surface area contributed by atoms with E-state index in [4.69, 9.17) is 0 Å². The Morgan fingerprint density at radius 2 is 1.48 bits per heavy atom. The Bertz CT molecular complexity index is 877. The van der Waals surface area contributed by atoms with Gasteiger partial charge in [0.25, 0.3) is 0 Å². The molecule has 0 spiro atoms. The van der Waals surface area contributed by atoms with E-state index in [-0.39, 0.29) is 6.54 Å². The van der Waals surface area contributed by atoms with Gasteiger partial charge >= 0.3 is 0 Å². The predicted molar refractivity (Wildman–Crippen MR) is 111 cm³/mol. The Labute approximate surface area is 163 Å². The highest BCUT2D eigenvalue weighted by atomic mass is 32.2. The fourth-order valence-electron chi connectivity index (χ4n) is 3.73. The Morgan fingerprint density at radius 3 is 2.04 bits per heavy atom. The average Bonchev–Trinajstić information content (AvgIpc) is 2.60. The molecule has 0 aliphatic carbocycles. The summed E-state index contributed by atoms with van der Waals surface area (Å²) in [6.45, 7) is 10.1. The topological polar surface area (TPSA) is 52.7 Å². The van der Waals surface area contributed by atoms with Crippen LogP contribution in [0.1, 0.15) is 22.3 Å². The van der Waals surface area contributed by atoms with Gasteiger partial charge in [-0.2, -0.15) is 0 Å². The van der Waals surface area contributed by atoms with Crippen LogP contribution < -0.4 is 9.62 Å². The minimum atomic E-state index is -3.54. The van der Waals surface area contributed by atoms with Crippen LogP contribution in [0.2, 0.25) is 0 Å². The molecule has 2 aromatic rings. The Hall–Kier alpha value is -1.89. The maximum Gasteiger partial charge on any atom is 0.241 e. The molecule has 0 atom stereocenters. The quantitative estimate of drug-likeness (QED) is 0.857. The third-order valence-corrected chi connectivity index (χ3v) is 6.85. The highest BCUT2D eigenvalue weighted by Gasteiger charge is 2.20. The second-order valence-corrected chi connectivity index (χ2v) is 9.21. The van der Waals surface area contributed by atoms with E-state index < -0.39 is 10.0 Å². The molecule has 0 bridgehead atoms. The number of rotatable bonds is 5. The molecule has 0 unspecified atom stereocenters. The van der Waals surface area contributed by atoms with Crippen molar-refractivity contribution < 1.29 is 8.42 Å². The lowest BCUT2D eigenvalue weighted by molar-refractivity contribution is 0.313. The summed E-state index contributed by atoms with van der Waals surface area (Å²) in [5.74, 6) is 0. The first-order valence-corrected chi connectivity index (χ1v) is 10.8. The lowest BCUT2D eigenvalue weighted by Gasteiger charge is -2.34. The van der Waals surface area contributed by atoms with Crippen LogP contribution in [0.4, 0.5) is 5.69 Å². The van der Waals surface area contributed by atoms with Crippen LogP contribution in [0.5, 0.6) is 0 Å². The first kappa shape index (κ1) is 19.9. The van der Waals surface area contributed by atoms with E-state index in [0.717, 1.165) is 48.4 Å². The number of likely N-dealkylation sites (N-methyl/N-ethyl adjacent to an activating group) is 1. The van der Waals surface area contributed by atoms with Gasteiger partial charge in [0.05, 0.1) is 4.90 Å². The number of aryl methyl sites for hydroxylation is 3. The number of benzene rings is 2. The van der Waals surface area contributed by atoms with E-state index in [1.807, 2.05) is 45.0 Å². The molecule has 0 radical (unpaired) electrons. The molecule has 3 rings (SSSR count). The third kappa shape index (κ3) is 4.69. The molecule has 0 saturated carbocycles. The summed E-state index contributed by atoms with van der Waals surface area (Å²) in [6, 6.07) is 12.0. The van der Waals surface area contributed by atoms with E-state index in [1.165, 1.54) is 5.69 Å². The number of nitrogens with zero attached hydrogens (tertiary/aromatic N) is 2.